The summed E-state index contributed by atoms with van der Waals surface area (Å²) < 4.78 is 25.3. The van der Waals surface area contributed by atoms with Crippen LogP contribution in [0.1, 0.15) is 27.2 Å². The monoisotopic (exact) mass is 222 g/mol. The molecule has 0 saturated carbocycles. The van der Waals surface area contributed by atoms with E-state index in [1.54, 1.807) is 0 Å². The van der Waals surface area contributed by atoms with Crippen molar-refractivity contribution >= 4 is 10.0 Å². The Morgan fingerprint density at radius 3 is 2.21 bits per heavy atom. The lowest BCUT2D eigenvalue weighted by Crippen LogP contribution is -2.40. The van der Waals surface area contributed by atoms with Crippen molar-refractivity contribution in [2.75, 3.05) is 25.9 Å². The molecule has 0 heterocycles. The van der Waals surface area contributed by atoms with Gasteiger partial charge >= 0.3 is 0 Å². The molecule has 0 radical (unpaired) electrons. The number of rotatable bonds is 7. The van der Waals surface area contributed by atoms with Crippen LogP contribution in [0.4, 0.5) is 0 Å². The van der Waals surface area contributed by atoms with E-state index >= 15 is 0 Å². The van der Waals surface area contributed by atoms with E-state index in [1.807, 2.05) is 27.8 Å². The van der Waals surface area contributed by atoms with Gasteiger partial charge in [0.15, 0.2) is 0 Å². The summed E-state index contributed by atoms with van der Waals surface area (Å²) in [6, 6.07) is 0. The van der Waals surface area contributed by atoms with E-state index < -0.39 is 10.0 Å². The van der Waals surface area contributed by atoms with Crippen molar-refractivity contribution in [3.8, 4) is 0 Å². The zero-order valence-electron chi connectivity index (χ0n) is 9.55. The Kier molecular flexibility index (Phi) is 5.63. The van der Waals surface area contributed by atoms with Crippen LogP contribution in [0.25, 0.3) is 0 Å². The molecule has 0 aromatic carbocycles. The Hall–Kier alpha value is -0.130. The molecular weight excluding hydrogens is 200 g/mol. The van der Waals surface area contributed by atoms with E-state index in [0.717, 1.165) is 6.54 Å². The molecule has 0 saturated heterocycles. The van der Waals surface area contributed by atoms with Crippen LogP contribution in [0.2, 0.25) is 0 Å². The number of hydrogen-bond acceptors (Lipinski definition) is 3. The molecule has 0 aliphatic heterocycles. The molecule has 0 unspecified atom stereocenters. The summed E-state index contributed by atoms with van der Waals surface area (Å²) >= 11 is 0. The summed E-state index contributed by atoms with van der Waals surface area (Å²) in [6.07, 6.45) is 0.655. The highest BCUT2D eigenvalue weighted by Gasteiger charge is 2.19. The van der Waals surface area contributed by atoms with Gasteiger partial charge in [0, 0.05) is 13.1 Å². The maximum absolute atomic E-state index is 11.3. The summed E-state index contributed by atoms with van der Waals surface area (Å²) in [5.41, 5.74) is -0.0461. The van der Waals surface area contributed by atoms with Gasteiger partial charge in [0.2, 0.25) is 10.0 Å². The molecule has 0 fully saturated rings. The smallest absolute Gasteiger partial charge is 0.211 e. The fraction of sp³-hybridized carbons (Fsp3) is 1.00. The number of hydrogen-bond donors (Lipinski definition) is 2. The third-order valence-electron chi connectivity index (χ3n) is 1.90. The summed E-state index contributed by atoms with van der Waals surface area (Å²) in [5, 5.41) is 3.04. The van der Waals surface area contributed by atoms with Crippen LogP contribution < -0.4 is 10.0 Å². The average molecular weight is 222 g/mol. The van der Waals surface area contributed by atoms with Crippen LogP contribution in [0.15, 0.2) is 0 Å². The summed E-state index contributed by atoms with van der Waals surface area (Å²) in [7, 11) is -1.20. The summed E-state index contributed by atoms with van der Waals surface area (Å²) in [5.74, 6) is 0.211. The highest BCUT2D eigenvalue weighted by atomic mass is 32.2. The van der Waals surface area contributed by atoms with E-state index in [0.29, 0.717) is 13.0 Å². The van der Waals surface area contributed by atoms with Crippen molar-refractivity contribution in [1.29, 1.82) is 0 Å². The van der Waals surface area contributed by atoms with E-state index in [-0.39, 0.29) is 11.2 Å². The molecule has 5 heteroatoms. The van der Waals surface area contributed by atoms with Crippen LogP contribution >= 0.6 is 0 Å². The first kappa shape index (κ1) is 13.9. The molecule has 0 aromatic heterocycles. The highest BCUT2D eigenvalue weighted by Crippen LogP contribution is 2.11. The van der Waals surface area contributed by atoms with Gasteiger partial charge < -0.3 is 5.32 Å². The first-order valence-electron chi connectivity index (χ1n) is 4.95. The molecule has 0 amide bonds. The lowest BCUT2D eigenvalue weighted by Gasteiger charge is -2.24. The Balaban J connectivity index is 4.04. The molecule has 0 aromatic rings. The van der Waals surface area contributed by atoms with Crippen LogP contribution in [0, 0.1) is 5.41 Å². The van der Waals surface area contributed by atoms with Gasteiger partial charge in [-0.2, -0.15) is 0 Å². The topological polar surface area (TPSA) is 58.2 Å². The minimum atomic E-state index is -3.06. The molecule has 0 aliphatic carbocycles. The van der Waals surface area contributed by atoms with Gasteiger partial charge in [-0.15, -0.1) is 0 Å². The molecular formula is C9H22N2O2S. The average Bonchev–Trinajstić information content (AvgIpc) is 2.01. The third kappa shape index (κ3) is 6.34. The van der Waals surface area contributed by atoms with E-state index in [9.17, 15) is 8.42 Å². The minimum Gasteiger partial charge on any atom is -0.319 e. The molecule has 0 rings (SSSR count). The van der Waals surface area contributed by atoms with E-state index in [4.69, 9.17) is 0 Å². The van der Waals surface area contributed by atoms with Crippen LogP contribution in [-0.2, 0) is 10.0 Å². The summed E-state index contributed by atoms with van der Waals surface area (Å²) in [6.45, 7) is 7.19. The Bertz CT molecular complexity index is 248. The standard InChI is InChI=1S/C9H22N2O2S/c1-5-6-14(12,13)11-8-9(2,3)7-10-4/h10-11H,5-8H2,1-4H3. The second kappa shape index (κ2) is 5.68. The zero-order chi connectivity index (χ0) is 11.2. The first-order chi connectivity index (χ1) is 6.33. The molecule has 0 spiro atoms. The minimum absolute atomic E-state index is 0.0461. The Morgan fingerprint density at radius 1 is 1.21 bits per heavy atom. The fourth-order valence-corrected chi connectivity index (χ4v) is 2.48. The fourth-order valence-electron chi connectivity index (χ4n) is 1.19. The van der Waals surface area contributed by atoms with Gasteiger partial charge in [0.1, 0.15) is 0 Å². The lowest BCUT2D eigenvalue weighted by molar-refractivity contribution is 0.350. The van der Waals surface area contributed by atoms with Crippen LogP contribution in [-0.4, -0.2) is 34.3 Å². The molecule has 14 heavy (non-hydrogen) atoms. The zero-order valence-corrected chi connectivity index (χ0v) is 10.4. The van der Waals surface area contributed by atoms with Crippen molar-refractivity contribution in [3.05, 3.63) is 0 Å². The van der Waals surface area contributed by atoms with Gasteiger partial charge in [0.25, 0.3) is 0 Å². The van der Waals surface area contributed by atoms with Gasteiger partial charge in [-0.05, 0) is 18.9 Å². The maximum Gasteiger partial charge on any atom is 0.211 e. The number of sulfonamides is 1. The summed E-state index contributed by atoms with van der Waals surface area (Å²) in [4.78, 5) is 0. The molecule has 2 N–H and O–H groups in total. The van der Waals surface area contributed by atoms with Crippen molar-refractivity contribution < 1.29 is 8.42 Å². The predicted octanol–water partition coefficient (Wildman–Crippen LogP) is 0.561. The SMILES string of the molecule is CCCS(=O)(=O)NCC(C)(C)CNC. The van der Waals surface area contributed by atoms with Crippen molar-refractivity contribution in [3.63, 3.8) is 0 Å². The van der Waals surface area contributed by atoms with Crippen molar-refractivity contribution in [1.82, 2.24) is 10.0 Å². The third-order valence-corrected chi connectivity index (χ3v) is 3.43. The van der Waals surface area contributed by atoms with Crippen LogP contribution in [0.3, 0.4) is 0 Å². The Morgan fingerprint density at radius 2 is 1.79 bits per heavy atom. The predicted molar refractivity (Wildman–Crippen MR) is 59.8 cm³/mol. The molecule has 0 atom stereocenters. The molecule has 4 nitrogen and oxygen atoms in total. The number of nitrogens with one attached hydrogen (secondary N) is 2. The molecule has 0 bridgehead atoms. The van der Waals surface area contributed by atoms with Crippen LogP contribution in [0.5, 0.6) is 0 Å². The van der Waals surface area contributed by atoms with Gasteiger partial charge in [-0.1, -0.05) is 20.8 Å². The van der Waals surface area contributed by atoms with Gasteiger partial charge in [-0.25, -0.2) is 13.1 Å². The van der Waals surface area contributed by atoms with Crippen molar-refractivity contribution in [2.24, 2.45) is 5.41 Å². The second-order valence-electron chi connectivity index (χ2n) is 4.33. The van der Waals surface area contributed by atoms with Gasteiger partial charge in [-0.3, -0.25) is 0 Å². The molecule has 86 valence electrons. The highest BCUT2D eigenvalue weighted by molar-refractivity contribution is 7.89. The normalized spacial score (nSPS) is 13.1. The molecule has 0 aliphatic rings. The quantitative estimate of drug-likeness (QED) is 0.662. The first-order valence-corrected chi connectivity index (χ1v) is 6.60. The van der Waals surface area contributed by atoms with Gasteiger partial charge in [0.05, 0.1) is 5.75 Å². The Labute approximate surface area is 87.5 Å². The van der Waals surface area contributed by atoms with E-state index in [2.05, 4.69) is 10.0 Å². The largest absolute Gasteiger partial charge is 0.319 e. The van der Waals surface area contributed by atoms with Crippen molar-refractivity contribution in [2.45, 2.75) is 27.2 Å². The lowest BCUT2D eigenvalue weighted by atomic mass is 9.94. The van der Waals surface area contributed by atoms with E-state index in [1.165, 1.54) is 0 Å². The maximum atomic E-state index is 11.3. The second-order valence-corrected chi connectivity index (χ2v) is 6.26.